The number of ether oxygens (including phenoxy) is 1. The van der Waals surface area contributed by atoms with Crippen molar-refractivity contribution in [3.8, 4) is 6.07 Å². The molecular formula is C17H19ClN2O4Si. The smallest absolute Gasteiger partial charge is 0.288 e. The van der Waals surface area contributed by atoms with Crippen molar-refractivity contribution in [2.45, 2.75) is 31.6 Å². The monoisotopic (exact) mass is 378 g/mol. The van der Waals surface area contributed by atoms with Gasteiger partial charge in [0.15, 0.2) is 0 Å². The van der Waals surface area contributed by atoms with Crippen LogP contribution in [0.25, 0.3) is 0 Å². The fourth-order valence-corrected chi connectivity index (χ4v) is 3.54. The predicted octanol–water partition coefficient (Wildman–Crippen LogP) is 4.33. The summed E-state index contributed by atoms with van der Waals surface area (Å²) in [5, 5.41) is 20.2. The van der Waals surface area contributed by atoms with Crippen molar-refractivity contribution >= 4 is 31.1 Å². The number of nitriles is 1. The summed E-state index contributed by atoms with van der Waals surface area (Å²) >= 11 is 5.99. The molecule has 0 bridgehead atoms. The van der Waals surface area contributed by atoms with E-state index < -0.39 is 18.8 Å². The maximum absolute atomic E-state index is 12.3. The first-order valence-corrected chi connectivity index (χ1v) is 11.9. The van der Waals surface area contributed by atoms with Crippen LogP contribution in [-0.4, -0.2) is 32.0 Å². The first kappa shape index (κ1) is 19.3. The summed E-state index contributed by atoms with van der Waals surface area (Å²) in [6, 6.07) is 5.45. The lowest BCUT2D eigenvalue weighted by Gasteiger charge is -2.23. The van der Waals surface area contributed by atoms with Crippen LogP contribution in [0.15, 0.2) is 23.8 Å². The summed E-state index contributed by atoms with van der Waals surface area (Å²) < 4.78 is 5.74. The van der Waals surface area contributed by atoms with Gasteiger partial charge in [0, 0.05) is 32.2 Å². The van der Waals surface area contributed by atoms with Crippen molar-refractivity contribution in [3.63, 3.8) is 0 Å². The van der Waals surface area contributed by atoms with Crippen molar-refractivity contribution < 1.29 is 14.5 Å². The Morgan fingerprint density at radius 3 is 2.64 bits per heavy atom. The molecule has 0 radical (unpaired) electrons. The number of ketones is 1. The standard InChI is InChI=1S/C17H19ClN2O4Si/c1-25(2,3)5-4-24-10-12-6-11(9-19)17(21)14-8-16(20(22)23)15(18)7-13(12)14/h6-8,12H,4-5,10H2,1-3H3. The van der Waals surface area contributed by atoms with E-state index in [2.05, 4.69) is 19.6 Å². The lowest BCUT2D eigenvalue weighted by atomic mass is 9.83. The quantitative estimate of drug-likeness (QED) is 0.318. The SMILES string of the molecule is C[Si](C)(C)CCOCC1C=C(C#N)C(=O)c2cc([N+](=O)[O-])c(Cl)cc21. The number of Topliss-reactive ketones (excluding diaryl/α,β-unsaturated/α-hetero) is 1. The molecule has 0 spiro atoms. The molecule has 1 atom stereocenters. The van der Waals surface area contributed by atoms with E-state index in [1.807, 2.05) is 6.07 Å². The lowest BCUT2D eigenvalue weighted by molar-refractivity contribution is -0.384. The van der Waals surface area contributed by atoms with Crippen LogP contribution in [0, 0.1) is 21.4 Å². The van der Waals surface area contributed by atoms with E-state index in [0.717, 1.165) is 12.1 Å². The topological polar surface area (TPSA) is 93.2 Å². The summed E-state index contributed by atoms with van der Waals surface area (Å²) in [6.45, 7) is 7.64. The van der Waals surface area contributed by atoms with Crippen LogP contribution in [0.2, 0.25) is 30.7 Å². The number of rotatable bonds is 6. The molecule has 0 aromatic heterocycles. The molecule has 2 rings (SSSR count). The van der Waals surface area contributed by atoms with Gasteiger partial charge in [0.05, 0.1) is 17.1 Å². The number of halogens is 1. The summed E-state index contributed by atoms with van der Waals surface area (Å²) in [7, 11) is -1.22. The molecule has 0 saturated heterocycles. The van der Waals surface area contributed by atoms with E-state index in [0.29, 0.717) is 18.8 Å². The summed E-state index contributed by atoms with van der Waals surface area (Å²) in [5.41, 5.74) is 0.343. The van der Waals surface area contributed by atoms with Gasteiger partial charge in [-0.05, 0) is 17.7 Å². The minimum absolute atomic E-state index is 0.0251. The van der Waals surface area contributed by atoms with Gasteiger partial charge in [-0.15, -0.1) is 0 Å². The molecule has 1 aliphatic rings. The van der Waals surface area contributed by atoms with Gasteiger partial charge in [-0.2, -0.15) is 5.26 Å². The fraction of sp³-hybridized carbons (Fsp3) is 0.412. The molecule has 1 aromatic rings. The van der Waals surface area contributed by atoms with Crippen molar-refractivity contribution in [3.05, 3.63) is 50.0 Å². The highest BCUT2D eigenvalue weighted by atomic mass is 35.5. The van der Waals surface area contributed by atoms with Gasteiger partial charge in [-0.25, -0.2) is 0 Å². The zero-order valence-electron chi connectivity index (χ0n) is 14.3. The van der Waals surface area contributed by atoms with E-state index in [4.69, 9.17) is 16.3 Å². The Labute approximate surface area is 152 Å². The van der Waals surface area contributed by atoms with Gasteiger partial charge in [-0.1, -0.05) is 37.3 Å². The molecule has 8 heteroatoms. The molecule has 6 nitrogen and oxygen atoms in total. The molecule has 0 N–H and O–H groups in total. The van der Waals surface area contributed by atoms with Gasteiger partial charge in [0.25, 0.3) is 5.69 Å². The number of hydrogen-bond donors (Lipinski definition) is 0. The molecule has 1 unspecified atom stereocenters. The molecule has 0 amide bonds. The summed E-state index contributed by atoms with van der Waals surface area (Å²) in [5.74, 6) is -0.849. The van der Waals surface area contributed by atoms with Crippen LogP contribution in [-0.2, 0) is 4.74 Å². The Balaban J connectivity index is 2.31. The third kappa shape index (κ3) is 4.54. The predicted molar refractivity (Wildman–Crippen MR) is 97.8 cm³/mol. The van der Waals surface area contributed by atoms with Crippen molar-refractivity contribution in [2.75, 3.05) is 13.2 Å². The molecule has 0 fully saturated rings. The number of allylic oxidation sites excluding steroid dienone is 1. The highest BCUT2D eigenvalue weighted by Gasteiger charge is 2.30. The zero-order chi connectivity index (χ0) is 18.8. The van der Waals surface area contributed by atoms with E-state index in [-0.39, 0.29) is 27.8 Å². The second kappa shape index (κ2) is 7.48. The highest BCUT2D eigenvalue weighted by Crippen LogP contribution is 2.37. The number of hydrogen-bond acceptors (Lipinski definition) is 5. The number of nitro benzene ring substituents is 1. The number of carbonyl (C=O) groups excluding carboxylic acids is 1. The lowest BCUT2D eigenvalue weighted by Crippen LogP contribution is -2.23. The molecule has 0 aliphatic heterocycles. The van der Waals surface area contributed by atoms with E-state index in [9.17, 15) is 20.2 Å². The normalized spacial score (nSPS) is 16.8. The molecule has 1 aliphatic carbocycles. The average Bonchev–Trinajstić information content (AvgIpc) is 2.51. The second-order valence-electron chi connectivity index (χ2n) is 7.16. The van der Waals surface area contributed by atoms with Gasteiger partial charge in [-0.3, -0.25) is 14.9 Å². The zero-order valence-corrected chi connectivity index (χ0v) is 16.1. The fourth-order valence-electron chi connectivity index (χ4n) is 2.55. The summed E-state index contributed by atoms with van der Waals surface area (Å²) in [6.07, 6.45) is 1.56. The number of carbonyl (C=O) groups is 1. The molecule has 0 heterocycles. The maximum Gasteiger partial charge on any atom is 0.288 e. The number of fused-ring (bicyclic) bond motifs is 1. The van der Waals surface area contributed by atoms with Gasteiger partial charge in [0.2, 0.25) is 5.78 Å². The molecule has 0 saturated carbocycles. The molecule has 132 valence electrons. The van der Waals surface area contributed by atoms with Crippen LogP contribution < -0.4 is 0 Å². The van der Waals surface area contributed by atoms with Crippen molar-refractivity contribution in [1.29, 1.82) is 5.26 Å². The van der Waals surface area contributed by atoms with E-state index in [1.165, 1.54) is 6.07 Å². The maximum atomic E-state index is 12.3. The molecule has 25 heavy (non-hydrogen) atoms. The minimum Gasteiger partial charge on any atom is -0.381 e. The highest BCUT2D eigenvalue weighted by molar-refractivity contribution is 6.76. The van der Waals surface area contributed by atoms with Gasteiger partial charge < -0.3 is 4.74 Å². The number of benzene rings is 1. The Kier molecular flexibility index (Phi) is 5.78. The number of nitro groups is 1. The van der Waals surface area contributed by atoms with Crippen LogP contribution >= 0.6 is 11.6 Å². The van der Waals surface area contributed by atoms with Crippen molar-refractivity contribution in [1.82, 2.24) is 0 Å². The first-order valence-electron chi connectivity index (χ1n) is 7.86. The molecular weight excluding hydrogens is 360 g/mol. The van der Waals surface area contributed by atoms with E-state index in [1.54, 1.807) is 6.08 Å². The third-order valence-electron chi connectivity index (χ3n) is 3.99. The Morgan fingerprint density at radius 2 is 2.08 bits per heavy atom. The Hall–Kier alpha value is -2.01. The Morgan fingerprint density at radius 1 is 1.40 bits per heavy atom. The first-order chi connectivity index (χ1) is 11.6. The van der Waals surface area contributed by atoms with E-state index >= 15 is 0 Å². The van der Waals surface area contributed by atoms with Crippen LogP contribution in [0.3, 0.4) is 0 Å². The van der Waals surface area contributed by atoms with Crippen LogP contribution in [0.1, 0.15) is 21.8 Å². The van der Waals surface area contributed by atoms with Crippen LogP contribution in [0.5, 0.6) is 0 Å². The van der Waals surface area contributed by atoms with Gasteiger partial charge in [0.1, 0.15) is 11.1 Å². The number of nitrogens with zero attached hydrogens (tertiary/aromatic N) is 2. The Bertz CT molecular complexity index is 793. The van der Waals surface area contributed by atoms with Crippen molar-refractivity contribution in [2.24, 2.45) is 0 Å². The van der Waals surface area contributed by atoms with Crippen LogP contribution in [0.4, 0.5) is 5.69 Å². The average molecular weight is 379 g/mol. The molecule has 1 aromatic carbocycles. The second-order valence-corrected chi connectivity index (χ2v) is 13.2. The van der Waals surface area contributed by atoms with Gasteiger partial charge >= 0.3 is 0 Å². The summed E-state index contributed by atoms with van der Waals surface area (Å²) in [4.78, 5) is 22.8. The minimum atomic E-state index is -1.22. The largest absolute Gasteiger partial charge is 0.381 e. The third-order valence-corrected chi connectivity index (χ3v) is 5.99.